The zero-order chi connectivity index (χ0) is 34.9. The number of amides is 3. The highest BCUT2D eigenvalue weighted by atomic mass is 32.2. The van der Waals surface area contributed by atoms with Crippen LogP contribution in [0, 0.1) is 11.6 Å². The second kappa shape index (κ2) is 16.0. The Bertz CT molecular complexity index is 2140. The highest BCUT2D eigenvalue weighted by molar-refractivity contribution is 8.00. The minimum absolute atomic E-state index is 0.0477. The summed E-state index contributed by atoms with van der Waals surface area (Å²) >= 11 is 2.55. The van der Waals surface area contributed by atoms with Crippen LogP contribution in [0.15, 0.2) is 149 Å². The first-order valence-corrected chi connectivity index (χ1v) is 17.1. The van der Waals surface area contributed by atoms with Gasteiger partial charge in [-0.1, -0.05) is 66.7 Å². The van der Waals surface area contributed by atoms with Crippen molar-refractivity contribution in [3.63, 3.8) is 0 Å². The molecule has 0 bridgehead atoms. The lowest BCUT2D eigenvalue weighted by atomic mass is 10.1. The summed E-state index contributed by atoms with van der Waals surface area (Å²) in [5.41, 5.74) is 3.35. The molecule has 5 aromatic carbocycles. The van der Waals surface area contributed by atoms with E-state index in [0.717, 1.165) is 11.1 Å². The molecular weight excluding hydrogens is 675 g/mol. The summed E-state index contributed by atoms with van der Waals surface area (Å²) in [6.07, 6.45) is 1.46. The van der Waals surface area contributed by atoms with Gasteiger partial charge in [-0.3, -0.25) is 14.4 Å². The quantitative estimate of drug-likeness (QED) is 0.0925. The van der Waals surface area contributed by atoms with Gasteiger partial charge in [-0.2, -0.15) is 0 Å². The number of anilines is 2. The molecule has 6 rings (SSSR count). The predicted molar refractivity (Wildman–Crippen MR) is 195 cm³/mol. The van der Waals surface area contributed by atoms with Crippen molar-refractivity contribution in [1.82, 2.24) is 10.3 Å². The summed E-state index contributed by atoms with van der Waals surface area (Å²) in [6, 6.07) is 36.2. The number of thioether (sulfide) groups is 1. The fourth-order valence-corrected chi connectivity index (χ4v) is 6.61. The first-order chi connectivity index (χ1) is 24.3. The molecule has 0 aliphatic carbocycles. The second-order valence-electron chi connectivity index (χ2n) is 10.9. The van der Waals surface area contributed by atoms with Gasteiger partial charge >= 0.3 is 0 Å². The van der Waals surface area contributed by atoms with E-state index in [4.69, 9.17) is 0 Å². The first kappa shape index (κ1) is 34.0. The minimum Gasteiger partial charge on any atom is -0.321 e. The van der Waals surface area contributed by atoms with E-state index in [0.29, 0.717) is 32.5 Å². The van der Waals surface area contributed by atoms with Gasteiger partial charge in [0.15, 0.2) is 5.13 Å². The third kappa shape index (κ3) is 8.95. The van der Waals surface area contributed by atoms with Gasteiger partial charge in [0.2, 0.25) is 5.91 Å². The fraction of sp³-hybridized carbons (Fsp3) is 0.0256. The van der Waals surface area contributed by atoms with Gasteiger partial charge in [-0.25, -0.2) is 13.8 Å². The molecule has 0 saturated heterocycles. The Kier molecular flexibility index (Phi) is 10.9. The fourth-order valence-electron chi connectivity index (χ4n) is 4.81. The van der Waals surface area contributed by atoms with Crippen molar-refractivity contribution in [2.45, 2.75) is 10.1 Å². The van der Waals surface area contributed by atoms with Crippen molar-refractivity contribution in [1.29, 1.82) is 0 Å². The molecule has 0 saturated carbocycles. The number of halogens is 2. The number of rotatable bonds is 11. The number of hydrogen-bond acceptors (Lipinski definition) is 6. The van der Waals surface area contributed by atoms with Crippen LogP contribution in [0.5, 0.6) is 0 Å². The third-order valence-corrected chi connectivity index (χ3v) is 9.28. The molecule has 11 heteroatoms. The number of carbonyl (C=O) groups is 3. The SMILES string of the molecule is O=C(Nc1cccc(SC(C(=O)Nc2nc(-c3ccc(F)cc3)cs2)c2ccccc2)c1)/C(=C/c1ccc(F)cc1)NC(=O)c1ccccc1. The molecule has 0 aliphatic rings. The van der Waals surface area contributed by atoms with Gasteiger partial charge < -0.3 is 16.0 Å². The van der Waals surface area contributed by atoms with E-state index in [1.54, 1.807) is 66.0 Å². The molecule has 50 heavy (non-hydrogen) atoms. The number of aromatic nitrogens is 1. The molecular formula is C39H28F2N4O3S2. The molecule has 0 aliphatic heterocycles. The van der Waals surface area contributed by atoms with Crippen LogP contribution in [-0.2, 0) is 9.59 Å². The summed E-state index contributed by atoms with van der Waals surface area (Å²) in [5.74, 6) is -2.16. The molecule has 7 nitrogen and oxygen atoms in total. The maximum absolute atomic E-state index is 13.7. The van der Waals surface area contributed by atoms with Crippen LogP contribution in [0.25, 0.3) is 17.3 Å². The molecule has 3 N–H and O–H groups in total. The summed E-state index contributed by atoms with van der Waals surface area (Å²) in [6.45, 7) is 0. The highest BCUT2D eigenvalue weighted by Gasteiger charge is 2.24. The minimum atomic E-state index is -0.681. The largest absolute Gasteiger partial charge is 0.321 e. The van der Waals surface area contributed by atoms with E-state index in [1.165, 1.54) is 65.6 Å². The van der Waals surface area contributed by atoms with Crippen LogP contribution in [0.4, 0.5) is 19.6 Å². The van der Waals surface area contributed by atoms with E-state index >= 15 is 0 Å². The second-order valence-corrected chi connectivity index (χ2v) is 12.9. The zero-order valence-corrected chi connectivity index (χ0v) is 27.8. The van der Waals surface area contributed by atoms with Gasteiger partial charge in [0.05, 0.1) is 5.69 Å². The van der Waals surface area contributed by atoms with E-state index in [1.807, 2.05) is 36.4 Å². The van der Waals surface area contributed by atoms with Crippen LogP contribution in [-0.4, -0.2) is 22.7 Å². The topological polar surface area (TPSA) is 100 Å². The van der Waals surface area contributed by atoms with Gasteiger partial charge in [0, 0.05) is 27.1 Å². The van der Waals surface area contributed by atoms with E-state index in [9.17, 15) is 23.2 Å². The monoisotopic (exact) mass is 702 g/mol. The normalized spacial score (nSPS) is 11.8. The van der Waals surface area contributed by atoms with Crippen LogP contribution in [0.2, 0.25) is 0 Å². The molecule has 1 unspecified atom stereocenters. The summed E-state index contributed by atoms with van der Waals surface area (Å²) in [5, 5.41) is 9.93. The number of nitrogens with one attached hydrogen (secondary N) is 3. The Balaban J connectivity index is 1.20. The molecule has 1 aromatic heterocycles. The number of benzene rings is 5. The average molecular weight is 703 g/mol. The predicted octanol–water partition coefficient (Wildman–Crippen LogP) is 8.97. The Hall–Kier alpha value is -5.91. The van der Waals surface area contributed by atoms with E-state index in [2.05, 4.69) is 20.9 Å². The Morgan fingerprint density at radius 3 is 2.10 bits per heavy atom. The summed E-state index contributed by atoms with van der Waals surface area (Å²) in [7, 11) is 0. The number of carbonyl (C=O) groups excluding carboxylic acids is 3. The summed E-state index contributed by atoms with van der Waals surface area (Å²) < 4.78 is 27.0. The zero-order valence-electron chi connectivity index (χ0n) is 26.2. The van der Waals surface area contributed by atoms with Crippen LogP contribution in [0.1, 0.15) is 26.7 Å². The maximum Gasteiger partial charge on any atom is 0.272 e. The lowest BCUT2D eigenvalue weighted by molar-refractivity contribution is -0.116. The molecule has 0 fully saturated rings. The molecule has 0 spiro atoms. The average Bonchev–Trinajstić information content (AvgIpc) is 3.60. The highest BCUT2D eigenvalue weighted by Crippen LogP contribution is 2.38. The molecule has 3 amide bonds. The van der Waals surface area contributed by atoms with Crippen molar-refractivity contribution < 1.29 is 23.2 Å². The molecule has 1 heterocycles. The Morgan fingerprint density at radius 1 is 0.740 bits per heavy atom. The van der Waals surface area contributed by atoms with Crippen LogP contribution >= 0.6 is 23.1 Å². The van der Waals surface area contributed by atoms with Crippen molar-refractivity contribution >= 4 is 57.7 Å². The molecule has 248 valence electrons. The third-order valence-electron chi connectivity index (χ3n) is 7.27. The smallest absolute Gasteiger partial charge is 0.272 e. The van der Waals surface area contributed by atoms with Crippen molar-refractivity contribution in [2.75, 3.05) is 10.6 Å². The number of hydrogen-bond donors (Lipinski definition) is 3. The summed E-state index contributed by atoms with van der Waals surface area (Å²) in [4.78, 5) is 45.5. The molecule has 1 atom stereocenters. The molecule has 0 radical (unpaired) electrons. The van der Waals surface area contributed by atoms with Gasteiger partial charge in [-0.15, -0.1) is 23.1 Å². The Labute approximate surface area is 295 Å². The number of thiazole rings is 1. The Morgan fingerprint density at radius 2 is 1.40 bits per heavy atom. The standard InChI is InChI=1S/C39H28F2N4O3S2/c40-29-18-14-25(15-19-29)22-33(43-36(46)28-10-5-2-6-11-28)37(47)42-31-12-7-13-32(23-31)50-35(27-8-3-1-4-9-27)38(48)45-39-44-34(24-49-39)26-16-20-30(41)21-17-26/h1-24,35H,(H,42,47)(H,43,46)(H,44,45,48)/b33-22-. The van der Waals surface area contributed by atoms with Gasteiger partial charge in [0.25, 0.3) is 11.8 Å². The first-order valence-electron chi connectivity index (χ1n) is 15.3. The van der Waals surface area contributed by atoms with Crippen molar-refractivity contribution in [3.05, 3.63) is 173 Å². The van der Waals surface area contributed by atoms with Gasteiger partial charge in [-0.05, 0) is 83.9 Å². The number of nitrogens with zero attached hydrogens (tertiary/aromatic N) is 1. The van der Waals surface area contributed by atoms with E-state index in [-0.39, 0.29) is 17.4 Å². The molecule has 6 aromatic rings. The van der Waals surface area contributed by atoms with Crippen LogP contribution in [0.3, 0.4) is 0 Å². The maximum atomic E-state index is 13.7. The lowest BCUT2D eigenvalue weighted by Gasteiger charge is -2.17. The van der Waals surface area contributed by atoms with Crippen molar-refractivity contribution in [3.8, 4) is 11.3 Å². The lowest BCUT2D eigenvalue weighted by Crippen LogP contribution is -2.30. The van der Waals surface area contributed by atoms with Gasteiger partial charge in [0.1, 0.15) is 22.6 Å². The van der Waals surface area contributed by atoms with Crippen LogP contribution < -0.4 is 16.0 Å². The van der Waals surface area contributed by atoms with Crippen molar-refractivity contribution in [2.24, 2.45) is 0 Å². The van der Waals surface area contributed by atoms with E-state index < -0.39 is 22.9 Å².